The fraction of sp³-hybridized carbons (Fsp3) is 0.588. The third-order valence-corrected chi connectivity index (χ3v) is 4.22. The van der Waals surface area contributed by atoms with E-state index in [0.717, 1.165) is 24.9 Å². The van der Waals surface area contributed by atoms with Crippen molar-refractivity contribution < 1.29 is 4.79 Å². The monoisotopic (exact) mass is 274 g/mol. The Bertz CT molecular complexity index is 445. The van der Waals surface area contributed by atoms with Gasteiger partial charge in [-0.2, -0.15) is 0 Å². The van der Waals surface area contributed by atoms with Crippen LogP contribution in [0.1, 0.15) is 57.1 Å². The Kier molecular flexibility index (Phi) is 4.81. The van der Waals surface area contributed by atoms with Crippen molar-refractivity contribution in [1.82, 2.24) is 10.6 Å². The van der Waals surface area contributed by atoms with Crippen LogP contribution in [0.15, 0.2) is 24.3 Å². The Balaban J connectivity index is 1.89. The lowest BCUT2D eigenvalue weighted by Crippen LogP contribution is -2.56. The van der Waals surface area contributed by atoms with Crippen LogP contribution in [-0.4, -0.2) is 18.0 Å². The van der Waals surface area contributed by atoms with Crippen molar-refractivity contribution >= 4 is 5.91 Å². The van der Waals surface area contributed by atoms with E-state index in [2.05, 4.69) is 48.7 Å². The minimum Gasteiger partial charge on any atom is -0.350 e. The first kappa shape index (κ1) is 15.0. The summed E-state index contributed by atoms with van der Waals surface area (Å²) in [6.07, 6.45) is 3.21. The number of nitrogens with one attached hydrogen (secondary N) is 2. The van der Waals surface area contributed by atoms with Gasteiger partial charge < -0.3 is 10.6 Å². The molecule has 1 amide bonds. The van der Waals surface area contributed by atoms with Crippen molar-refractivity contribution in [2.45, 2.75) is 58.0 Å². The molecule has 1 heterocycles. The predicted molar refractivity (Wildman–Crippen MR) is 82.6 cm³/mol. The van der Waals surface area contributed by atoms with E-state index < -0.39 is 5.54 Å². The zero-order chi connectivity index (χ0) is 14.6. The highest BCUT2D eigenvalue weighted by atomic mass is 16.2. The lowest BCUT2D eigenvalue weighted by Gasteiger charge is -2.33. The van der Waals surface area contributed by atoms with Crippen LogP contribution in [0.4, 0.5) is 0 Å². The molecule has 3 nitrogen and oxygen atoms in total. The van der Waals surface area contributed by atoms with Crippen LogP contribution >= 0.6 is 0 Å². The zero-order valence-corrected chi connectivity index (χ0v) is 12.8. The second-order valence-electron chi connectivity index (χ2n) is 6.29. The summed E-state index contributed by atoms with van der Waals surface area (Å²) in [5.74, 6) is 0.661. The first-order chi connectivity index (χ1) is 9.51. The van der Waals surface area contributed by atoms with E-state index in [1.807, 2.05) is 6.92 Å². The van der Waals surface area contributed by atoms with Gasteiger partial charge in [-0.05, 0) is 49.8 Å². The van der Waals surface area contributed by atoms with Crippen molar-refractivity contribution in [3.8, 4) is 0 Å². The quantitative estimate of drug-likeness (QED) is 0.886. The van der Waals surface area contributed by atoms with Crippen molar-refractivity contribution in [3.63, 3.8) is 0 Å². The van der Waals surface area contributed by atoms with Crippen LogP contribution in [0.25, 0.3) is 0 Å². The highest BCUT2D eigenvalue weighted by Gasteiger charge is 2.33. The van der Waals surface area contributed by atoms with Crippen LogP contribution in [-0.2, 0) is 11.3 Å². The number of benzene rings is 1. The van der Waals surface area contributed by atoms with Gasteiger partial charge in [-0.25, -0.2) is 0 Å². The summed E-state index contributed by atoms with van der Waals surface area (Å²) in [5.41, 5.74) is 2.10. The molecule has 0 radical (unpaired) electrons. The van der Waals surface area contributed by atoms with Gasteiger partial charge in [0.15, 0.2) is 0 Å². The minimum atomic E-state index is -0.393. The van der Waals surface area contributed by atoms with Crippen molar-refractivity contribution in [1.29, 1.82) is 0 Å². The molecule has 1 unspecified atom stereocenters. The van der Waals surface area contributed by atoms with Gasteiger partial charge in [0.1, 0.15) is 0 Å². The molecule has 0 aromatic heterocycles. The van der Waals surface area contributed by atoms with Crippen LogP contribution in [0.2, 0.25) is 0 Å². The summed E-state index contributed by atoms with van der Waals surface area (Å²) in [5, 5.41) is 6.40. The number of carbonyl (C=O) groups is 1. The molecular formula is C17H26N2O. The van der Waals surface area contributed by atoms with Gasteiger partial charge in [0.05, 0.1) is 5.54 Å². The molecule has 1 aromatic carbocycles. The molecule has 20 heavy (non-hydrogen) atoms. The second kappa shape index (κ2) is 6.40. The summed E-state index contributed by atoms with van der Waals surface area (Å²) in [7, 11) is 0. The molecule has 1 aliphatic rings. The van der Waals surface area contributed by atoms with E-state index in [-0.39, 0.29) is 5.91 Å². The lowest BCUT2D eigenvalue weighted by molar-refractivity contribution is -0.128. The first-order valence-electron chi connectivity index (χ1n) is 7.63. The van der Waals surface area contributed by atoms with Crippen LogP contribution in [0.5, 0.6) is 0 Å². The minimum absolute atomic E-state index is 0.116. The van der Waals surface area contributed by atoms with Gasteiger partial charge in [0.25, 0.3) is 0 Å². The van der Waals surface area contributed by atoms with E-state index >= 15 is 0 Å². The summed E-state index contributed by atoms with van der Waals surface area (Å²) in [6.45, 7) is 7.92. The van der Waals surface area contributed by atoms with Gasteiger partial charge in [-0.15, -0.1) is 0 Å². The third-order valence-electron chi connectivity index (χ3n) is 4.22. The average Bonchev–Trinajstić information content (AvgIpc) is 2.46. The van der Waals surface area contributed by atoms with Crippen LogP contribution < -0.4 is 10.6 Å². The first-order valence-corrected chi connectivity index (χ1v) is 7.63. The van der Waals surface area contributed by atoms with Crippen molar-refractivity contribution in [3.05, 3.63) is 35.4 Å². The highest BCUT2D eigenvalue weighted by molar-refractivity contribution is 5.85. The Morgan fingerprint density at radius 1 is 1.30 bits per heavy atom. The molecule has 0 aliphatic carbocycles. The smallest absolute Gasteiger partial charge is 0.240 e. The van der Waals surface area contributed by atoms with E-state index in [1.165, 1.54) is 12.0 Å². The summed E-state index contributed by atoms with van der Waals surface area (Å²) in [6, 6.07) is 8.50. The van der Waals surface area contributed by atoms with E-state index in [4.69, 9.17) is 0 Å². The molecule has 1 fully saturated rings. The Morgan fingerprint density at radius 2 is 2.00 bits per heavy atom. The van der Waals surface area contributed by atoms with Gasteiger partial charge in [-0.1, -0.05) is 38.1 Å². The maximum absolute atomic E-state index is 12.3. The second-order valence-corrected chi connectivity index (χ2v) is 6.29. The molecule has 0 bridgehead atoms. The maximum atomic E-state index is 12.3. The molecule has 0 saturated carbocycles. The van der Waals surface area contributed by atoms with Crippen LogP contribution in [0.3, 0.4) is 0 Å². The van der Waals surface area contributed by atoms with Crippen molar-refractivity contribution in [2.24, 2.45) is 0 Å². The standard InChI is InChI=1S/C17H26N2O/c1-13(2)15-8-6-14(7-9-15)12-18-16(20)17(3)10-4-5-11-19-17/h6-9,13,19H,4-5,10-12H2,1-3H3,(H,18,20). The normalized spacial score (nSPS) is 22.8. The van der Waals surface area contributed by atoms with Gasteiger partial charge in [0.2, 0.25) is 5.91 Å². The highest BCUT2D eigenvalue weighted by Crippen LogP contribution is 2.19. The average molecular weight is 274 g/mol. The molecule has 2 N–H and O–H groups in total. The van der Waals surface area contributed by atoms with Gasteiger partial charge >= 0.3 is 0 Å². The summed E-state index contributed by atoms with van der Waals surface area (Å²) < 4.78 is 0. The van der Waals surface area contributed by atoms with Crippen LogP contribution in [0, 0.1) is 0 Å². The molecule has 1 atom stereocenters. The Labute approximate surface area is 122 Å². The molecule has 1 aliphatic heterocycles. The number of rotatable bonds is 4. The zero-order valence-electron chi connectivity index (χ0n) is 12.8. The number of piperidine rings is 1. The lowest BCUT2D eigenvalue weighted by atomic mass is 9.90. The molecule has 0 spiro atoms. The Hall–Kier alpha value is -1.35. The number of amides is 1. The molecule has 1 saturated heterocycles. The van der Waals surface area contributed by atoms with Gasteiger partial charge in [-0.3, -0.25) is 4.79 Å². The summed E-state index contributed by atoms with van der Waals surface area (Å²) in [4.78, 5) is 12.3. The maximum Gasteiger partial charge on any atom is 0.240 e. The number of hydrogen-bond donors (Lipinski definition) is 2. The molecular weight excluding hydrogens is 248 g/mol. The van der Waals surface area contributed by atoms with E-state index in [1.54, 1.807) is 0 Å². The van der Waals surface area contributed by atoms with E-state index in [0.29, 0.717) is 12.5 Å². The topological polar surface area (TPSA) is 41.1 Å². The SMILES string of the molecule is CC(C)c1ccc(CNC(=O)C2(C)CCCCN2)cc1. The fourth-order valence-electron chi connectivity index (χ4n) is 2.65. The molecule has 1 aromatic rings. The largest absolute Gasteiger partial charge is 0.350 e. The summed E-state index contributed by atoms with van der Waals surface area (Å²) >= 11 is 0. The third kappa shape index (κ3) is 3.60. The number of hydrogen-bond acceptors (Lipinski definition) is 2. The van der Waals surface area contributed by atoms with E-state index in [9.17, 15) is 4.79 Å². The number of carbonyl (C=O) groups excluding carboxylic acids is 1. The predicted octanol–water partition coefficient (Wildman–Crippen LogP) is 2.96. The van der Waals surface area contributed by atoms with Gasteiger partial charge in [0, 0.05) is 6.54 Å². The fourth-order valence-corrected chi connectivity index (χ4v) is 2.65. The molecule has 2 rings (SSSR count). The molecule has 110 valence electrons. The Morgan fingerprint density at radius 3 is 2.55 bits per heavy atom. The molecule has 3 heteroatoms. The van der Waals surface area contributed by atoms with Crippen molar-refractivity contribution in [2.75, 3.05) is 6.54 Å².